The lowest BCUT2D eigenvalue weighted by Crippen LogP contribution is -2.06. The van der Waals surface area contributed by atoms with Crippen molar-refractivity contribution in [3.05, 3.63) is 101 Å². The third kappa shape index (κ3) is 4.71. The van der Waals surface area contributed by atoms with Crippen LogP contribution < -0.4 is 0 Å². The number of hydrogen-bond acceptors (Lipinski definition) is 4. The third-order valence-electron chi connectivity index (χ3n) is 5.95. The number of aromatic nitrogens is 5. The van der Waals surface area contributed by atoms with Crippen LogP contribution in [-0.2, 0) is 25.1 Å². The topological polar surface area (TPSA) is 48.5 Å². The zero-order valence-corrected chi connectivity index (χ0v) is 20.0. The van der Waals surface area contributed by atoms with Gasteiger partial charge in [-0.05, 0) is 60.4 Å². The Kier molecular flexibility index (Phi) is 6.01. The van der Waals surface area contributed by atoms with Crippen LogP contribution in [-0.4, -0.2) is 24.3 Å². The zero-order valence-electron chi connectivity index (χ0n) is 19.2. The lowest BCUT2D eigenvalue weighted by atomic mass is 10.1. The lowest BCUT2D eigenvalue weighted by Gasteiger charge is -2.13. The molecule has 0 fully saturated rings. The van der Waals surface area contributed by atoms with Gasteiger partial charge in [0.2, 0.25) is 0 Å². The van der Waals surface area contributed by atoms with Gasteiger partial charge >= 0.3 is 0 Å². The van der Waals surface area contributed by atoms with Gasteiger partial charge in [-0.2, -0.15) is 5.10 Å². The summed E-state index contributed by atoms with van der Waals surface area (Å²) in [5.41, 5.74) is 9.68. The number of nitrogens with zero attached hydrogens (tertiary/aromatic N) is 5. The fraction of sp³-hybridized carbons (Fsp3) is 0.222. The smallest absolute Gasteiger partial charge is 0.120 e. The average molecular weight is 454 g/mol. The maximum absolute atomic E-state index is 5.04. The molecule has 166 valence electrons. The van der Waals surface area contributed by atoms with Crippen molar-refractivity contribution < 1.29 is 0 Å². The molecule has 0 aliphatic heterocycles. The highest BCUT2D eigenvalue weighted by atomic mass is 32.2. The summed E-state index contributed by atoms with van der Waals surface area (Å²) in [6.07, 6.45) is 7.67. The van der Waals surface area contributed by atoms with Gasteiger partial charge in [0.15, 0.2) is 0 Å². The Morgan fingerprint density at radius 2 is 1.76 bits per heavy atom. The summed E-state index contributed by atoms with van der Waals surface area (Å²) in [7, 11) is 1.95. The zero-order chi connectivity index (χ0) is 22.8. The summed E-state index contributed by atoms with van der Waals surface area (Å²) in [5.74, 6) is 2.90. The molecule has 0 atom stereocenters. The second-order valence-corrected chi connectivity index (χ2v) is 9.48. The fourth-order valence-electron chi connectivity index (χ4n) is 4.09. The van der Waals surface area contributed by atoms with E-state index in [-0.39, 0.29) is 0 Å². The van der Waals surface area contributed by atoms with Crippen molar-refractivity contribution >= 4 is 22.8 Å². The number of rotatable bonds is 7. The van der Waals surface area contributed by atoms with Gasteiger partial charge in [-0.15, -0.1) is 11.8 Å². The number of aryl methyl sites for hydroxylation is 3. The number of imidazole rings is 1. The highest BCUT2D eigenvalue weighted by molar-refractivity contribution is 7.97. The van der Waals surface area contributed by atoms with E-state index in [2.05, 4.69) is 83.2 Å². The van der Waals surface area contributed by atoms with Crippen molar-refractivity contribution in [2.45, 2.75) is 31.9 Å². The van der Waals surface area contributed by atoms with Crippen molar-refractivity contribution in [3.8, 4) is 11.1 Å². The van der Waals surface area contributed by atoms with Crippen molar-refractivity contribution in [2.24, 2.45) is 7.05 Å². The van der Waals surface area contributed by atoms with E-state index in [1.807, 2.05) is 42.1 Å². The highest BCUT2D eigenvalue weighted by Gasteiger charge is 2.14. The lowest BCUT2D eigenvalue weighted by molar-refractivity contribution is 0.768. The summed E-state index contributed by atoms with van der Waals surface area (Å²) < 4.78 is 4.23. The number of fused-ring (bicyclic) bond motifs is 1. The number of thioether (sulfide) groups is 1. The fourth-order valence-corrected chi connectivity index (χ4v) is 5.02. The molecule has 0 saturated heterocycles. The van der Waals surface area contributed by atoms with Crippen LogP contribution in [0.25, 0.3) is 22.2 Å². The van der Waals surface area contributed by atoms with Crippen molar-refractivity contribution in [2.75, 3.05) is 0 Å². The van der Waals surface area contributed by atoms with Crippen molar-refractivity contribution in [1.82, 2.24) is 24.3 Å². The summed E-state index contributed by atoms with van der Waals surface area (Å²) in [6.45, 7) is 5.15. The first-order chi connectivity index (χ1) is 16.1. The first-order valence-corrected chi connectivity index (χ1v) is 12.2. The van der Waals surface area contributed by atoms with Crippen LogP contribution in [0.4, 0.5) is 0 Å². The molecular weight excluding hydrogens is 426 g/mol. The number of hydrogen-bond donors (Lipinski definition) is 0. The molecule has 0 N–H and O–H groups in total. The van der Waals surface area contributed by atoms with E-state index in [1.165, 1.54) is 22.3 Å². The highest BCUT2D eigenvalue weighted by Crippen LogP contribution is 2.28. The van der Waals surface area contributed by atoms with Crippen LogP contribution in [0.3, 0.4) is 0 Å². The van der Waals surface area contributed by atoms with Crippen LogP contribution in [0.15, 0.2) is 73.3 Å². The molecule has 0 amide bonds. The second-order valence-electron chi connectivity index (χ2n) is 8.50. The number of benzene rings is 2. The van der Waals surface area contributed by atoms with Crippen LogP contribution in [0.1, 0.15) is 28.1 Å². The molecule has 6 heteroatoms. The Bertz CT molecular complexity index is 1400. The Hall–Kier alpha value is -3.38. The van der Waals surface area contributed by atoms with Gasteiger partial charge in [0, 0.05) is 43.5 Å². The van der Waals surface area contributed by atoms with Crippen LogP contribution in [0, 0.1) is 13.8 Å². The van der Waals surface area contributed by atoms with E-state index in [4.69, 9.17) is 4.98 Å². The first kappa shape index (κ1) is 21.5. The first-order valence-electron chi connectivity index (χ1n) is 11.1. The molecule has 0 saturated carbocycles. The average Bonchev–Trinajstić information content (AvgIpc) is 3.40. The minimum absolute atomic E-state index is 0.811. The van der Waals surface area contributed by atoms with Crippen LogP contribution in [0.2, 0.25) is 0 Å². The van der Waals surface area contributed by atoms with Gasteiger partial charge in [-0.3, -0.25) is 9.67 Å². The van der Waals surface area contributed by atoms with E-state index in [0.29, 0.717) is 0 Å². The molecule has 5 rings (SSSR count). The summed E-state index contributed by atoms with van der Waals surface area (Å²) in [4.78, 5) is 9.16. The van der Waals surface area contributed by atoms with E-state index < -0.39 is 0 Å². The van der Waals surface area contributed by atoms with Crippen LogP contribution >= 0.6 is 11.8 Å². The molecule has 0 radical (unpaired) electrons. The van der Waals surface area contributed by atoms with E-state index in [1.54, 1.807) is 0 Å². The quantitative estimate of drug-likeness (QED) is 0.306. The molecule has 33 heavy (non-hydrogen) atoms. The minimum atomic E-state index is 0.811. The largest absolute Gasteiger partial charge is 0.323 e. The monoisotopic (exact) mass is 453 g/mol. The molecule has 3 aromatic heterocycles. The molecule has 3 heterocycles. The van der Waals surface area contributed by atoms with Crippen molar-refractivity contribution in [1.29, 1.82) is 0 Å². The predicted octanol–water partition coefficient (Wildman–Crippen LogP) is 5.93. The summed E-state index contributed by atoms with van der Waals surface area (Å²) >= 11 is 1.89. The second kappa shape index (κ2) is 9.24. The molecule has 5 nitrogen and oxygen atoms in total. The van der Waals surface area contributed by atoms with E-state index in [0.717, 1.165) is 46.0 Å². The Balaban J connectivity index is 1.52. The molecule has 2 aromatic carbocycles. The SMILES string of the molecule is Cc1ccc(C)c(Cn2c(CSCc3ccncc3)nc3ccc(-c4cnn(C)c4)cc32)c1. The van der Waals surface area contributed by atoms with E-state index in [9.17, 15) is 0 Å². The maximum atomic E-state index is 5.04. The van der Waals surface area contributed by atoms with Crippen molar-refractivity contribution in [3.63, 3.8) is 0 Å². The van der Waals surface area contributed by atoms with Gasteiger partial charge in [0.25, 0.3) is 0 Å². The Morgan fingerprint density at radius 3 is 2.55 bits per heavy atom. The van der Waals surface area contributed by atoms with Gasteiger partial charge < -0.3 is 4.57 Å². The third-order valence-corrected chi connectivity index (χ3v) is 6.95. The van der Waals surface area contributed by atoms with E-state index >= 15 is 0 Å². The molecule has 0 aliphatic rings. The molecule has 0 aliphatic carbocycles. The Labute approximate surface area is 198 Å². The van der Waals surface area contributed by atoms with Gasteiger partial charge in [0.1, 0.15) is 5.82 Å². The maximum Gasteiger partial charge on any atom is 0.120 e. The van der Waals surface area contributed by atoms with Crippen LogP contribution in [0.5, 0.6) is 0 Å². The van der Waals surface area contributed by atoms with Gasteiger partial charge in [0.05, 0.1) is 23.0 Å². The summed E-state index contributed by atoms with van der Waals surface area (Å²) in [6, 6.07) is 17.4. The number of pyridine rings is 1. The molecule has 0 spiro atoms. The predicted molar refractivity (Wildman–Crippen MR) is 136 cm³/mol. The molecular formula is C27H27N5S. The minimum Gasteiger partial charge on any atom is -0.323 e. The van der Waals surface area contributed by atoms with Gasteiger partial charge in [-0.1, -0.05) is 29.8 Å². The standard InChI is InChI=1S/C27H27N5S/c1-19-4-5-20(2)23(12-19)16-32-26-13-22(24-14-29-31(3)15-24)6-7-25(26)30-27(32)18-33-17-21-8-10-28-11-9-21/h4-15H,16-18H2,1-3H3. The summed E-state index contributed by atoms with van der Waals surface area (Å²) in [5, 5.41) is 4.35. The Morgan fingerprint density at radius 1 is 0.909 bits per heavy atom. The molecule has 0 unspecified atom stereocenters. The molecule has 5 aromatic rings. The normalized spacial score (nSPS) is 11.4. The molecule has 0 bridgehead atoms. The van der Waals surface area contributed by atoms with Gasteiger partial charge in [-0.25, -0.2) is 4.98 Å².